The van der Waals surface area contributed by atoms with Crippen molar-refractivity contribution in [3.05, 3.63) is 29.8 Å². The van der Waals surface area contributed by atoms with E-state index in [4.69, 9.17) is 4.74 Å². The number of ether oxygens (including phenoxy) is 1. The third-order valence-electron chi connectivity index (χ3n) is 3.51. The van der Waals surface area contributed by atoms with E-state index in [2.05, 4.69) is 51.2 Å². The molecular formula is C16H27NO. The lowest BCUT2D eigenvalue weighted by molar-refractivity contribution is 0.353. The van der Waals surface area contributed by atoms with Crippen LogP contribution in [0.1, 0.15) is 33.3 Å². The van der Waals surface area contributed by atoms with Crippen LogP contribution >= 0.6 is 0 Å². The average Bonchev–Trinajstić information content (AvgIpc) is 2.36. The molecule has 0 aliphatic rings. The van der Waals surface area contributed by atoms with Crippen molar-refractivity contribution in [3.8, 4) is 5.75 Å². The van der Waals surface area contributed by atoms with E-state index in [-0.39, 0.29) is 0 Å². The summed E-state index contributed by atoms with van der Waals surface area (Å²) < 4.78 is 5.26. The minimum absolute atomic E-state index is 0.566. The molecule has 0 heterocycles. The Morgan fingerprint density at radius 2 is 1.83 bits per heavy atom. The van der Waals surface area contributed by atoms with Crippen LogP contribution in [-0.2, 0) is 6.42 Å². The van der Waals surface area contributed by atoms with Gasteiger partial charge in [0.25, 0.3) is 0 Å². The van der Waals surface area contributed by atoms with Gasteiger partial charge in [-0.25, -0.2) is 0 Å². The largest absolute Gasteiger partial charge is 0.497 e. The molecule has 0 aliphatic carbocycles. The number of nitrogens with one attached hydrogen (secondary N) is 1. The number of hydrogen-bond donors (Lipinski definition) is 1. The molecule has 2 nitrogen and oxygen atoms in total. The SMILES string of the molecule is COc1cccc(CC(C)C(C)CNC(C)C)c1. The Bertz CT molecular complexity index is 349. The lowest BCUT2D eigenvalue weighted by atomic mass is 9.89. The number of hydrogen-bond acceptors (Lipinski definition) is 2. The normalized spacial score (nSPS) is 14.6. The van der Waals surface area contributed by atoms with Crippen LogP contribution in [0.15, 0.2) is 24.3 Å². The summed E-state index contributed by atoms with van der Waals surface area (Å²) in [6.07, 6.45) is 1.11. The van der Waals surface area contributed by atoms with Crippen LogP contribution in [0.2, 0.25) is 0 Å². The Balaban J connectivity index is 2.49. The van der Waals surface area contributed by atoms with Crippen molar-refractivity contribution in [2.45, 2.75) is 40.2 Å². The fourth-order valence-corrected chi connectivity index (χ4v) is 2.00. The van der Waals surface area contributed by atoms with Gasteiger partial charge in [-0.05, 0) is 42.5 Å². The van der Waals surface area contributed by atoms with Gasteiger partial charge in [0, 0.05) is 6.04 Å². The summed E-state index contributed by atoms with van der Waals surface area (Å²) in [6.45, 7) is 10.1. The average molecular weight is 249 g/mol. The summed E-state index contributed by atoms with van der Waals surface area (Å²) >= 11 is 0. The van der Waals surface area contributed by atoms with E-state index >= 15 is 0 Å². The predicted molar refractivity (Wildman–Crippen MR) is 78.2 cm³/mol. The van der Waals surface area contributed by atoms with Crippen LogP contribution in [0, 0.1) is 11.8 Å². The summed E-state index contributed by atoms with van der Waals surface area (Å²) in [4.78, 5) is 0. The highest BCUT2D eigenvalue weighted by molar-refractivity contribution is 5.28. The monoisotopic (exact) mass is 249 g/mol. The molecule has 18 heavy (non-hydrogen) atoms. The molecule has 1 aromatic carbocycles. The first-order valence-corrected chi connectivity index (χ1v) is 6.89. The quantitative estimate of drug-likeness (QED) is 0.798. The molecule has 0 radical (unpaired) electrons. The topological polar surface area (TPSA) is 21.3 Å². The van der Waals surface area contributed by atoms with Gasteiger partial charge in [0.2, 0.25) is 0 Å². The molecule has 0 saturated heterocycles. The van der Waals surface area contributed by atoms with Crippen molar-refractivity contribution in [3.63, 3.8) is 0 Å². The van der Waals surface area contributed by atoms with E-state index in [1.165, 1.54) is 5.56 Å². The van der Waals surface area contributed by atoms with Crippen molar-refractivity contribution in [1.29, 1.82) is 0 Å². The van der Waals surface area contributed by atoms with Crippen molar-refractivity contribution in [2.24, 2.45) is 11.8 Å². The van der Waals surface area contributed by atoms with E-state index in [0.717, 1.165) is 18.7 Å². The smallest absolute Gasteiger partial charge is 0.119 e. The highest BCUT2D eigenvalue weighted by Crippen LogP contribution is 2.20. The highest BCUT2D eigenvalue weighted by atomic mass is 16.5. The second-order valence-corrected chi connectivity index (χ2v) is 5.57. The second-order valence-electron chi connectivity index (χ2n) is 5.57. The Morgan fingerprint density at radius 3 is 2.44 bits per heavy atom. The fraction of sp³-hybridized carbons (Fsp3) is 0.625. The zero-order valence-electron chi connectivity index (χ0n) is 12.4. The van der Waals surface area contributed by atoms with Gasteiger partial charge in [-0.3, -0.25) is 0 Å². The molecule has 1 aromatic rings. The fourth-order valence-electron chi connectivity index (χ4n) is 2.00. The molecule has 2 atom stereocenters. The first-order chi connectivity index (χ1) is 8.52. The lowest BCUT2D eigenvalue weighted by Gasteiger charge is -2.22. The minimum atomic E-state index is 0.566. The molecule has 0 saturated carbocycles. The van der Waals surface area contributed by atoms with Crippen molar-refractivity contribution in [2.75, 3.05) is 13.7 Å². The number of rotatable bonds is 7. The van der Waals surface area contributed by atoms with Gasteiger partial charge in [0.1, 0.15) is 5.75 Å². The molecule has 2 heteroatoms. The van der Waals surface area contributed by atoms with Gasteiger partial charge in [0.05, 0.1) is 7.11 Å². The van der Waals surface area contributed by atoms with E-state index in [1.807, 2.05) is 6.07 Å². The predicted octanol–water partition coefficient (Wildman–Crippen LogP) is 3.51. The molecule has 0 aromatic heterocycles. The first-order valence-electron chi connectivity index (χ1n) is 6.89. The maximum absolute atomic E-state index is 5.26. The molecule has 1 N–H and O–H groups in total. The van der Waals surface area contributed by atoms with Crippen LogP contribution in [0.5, 0.6) is 5.75 Å². The van der Waals surface area contributed by atoms with E-state index in [1.54, 1.807) is 7.11 Å². The van der Waals surface area contributed by atoms with E-state index in [0.29, 0.717) is 17.9 Å². The molecule has 1 rings (SSSR count). The molecular weight excluding hydrogens is 222 g/mol. The van der Waals surface area contributed by atoms with Crippen molar-refractivity contribution in [1.82, 2.24) is 5.32 Å². The minimum Gasteiger partial charge on any atom is -0.497 e. The van der Waals surface area contributed by atoms with Crippen LogP contribution in [0.3, 0.4) is 0 Å². The van der Waals surface area contributed by atoms with Gasteiger partial charge in [-0.15, -0.1) is 0 Å². The van der Waals surface area contributed by atoms with Crippen LogP contribution < -0.4 is 10.1 Å². The van der Waals surface area contributed by atoms with Gasteiger partial charge in [-0.2, -0.15) is 0 Å². The van der Waals surface area contributed by atoms with E-state index in [9.17, 15) is 0 Å². The summed E-state index contributed by atoms with van der Waals surface area (Å²) in [5.74, 6) is 2.30. The number of benzene rings is 1. The molecule has 102 valence electrons. The van der Waals surface area contributed by atoms with Crippen LogP contribution in [0.4, 0.5) is 0 Å². The third-order valence-corrected chi connectivity index (χ3v) is 3.51. The van der Waals surface area contributed by atoms with Gasteiger partial charge < -0.3 is 10.1 Å². The zero-order valence-corrected chi connectivity index (χ0v) is 12.4. The van der Waals surface area contributed by atoms with E-state index < -0.39 is 0 Å². The van der Waals surface area contributed by atoms with Crippen LogP contribution in [0.25, 0.3) is 0 Å². The molecule has 0 amide bonds. The Hall–Kier alpha value is -1.02. The maximum Gasteiger partial charge on any atom is 0.119 e. The summed E-state index contributed by atoms with van der Waals surface area (Å²) in [5, 5.41) is 3.51. The second kappa shape index (κ2) is 7.42. The molecule has 0 spiro atoms. The summed E-state index contributed by atoms with van der Waals surface area (Å²) in [6, 6.07) is 8.95. The Morgan fingerprint density at radius 1 is 1.11 bits per heavy atom. The summed E-state index contributed by atoms with van der Waals surface area (Å²) in [5.41, 5.74) is 1.36. The molecule has 2 unspecified atom stereocenters. The summed E-state index contributed by atoms with van der Waals surface area (Å²) in [7, 11) is 1.72. The van der Waals surface area contributed by atoms with Gasteiger partial charge in [-0.1, -0.05) is 39.8 Å². The number of methoxy groups -OCH3 is 1. The van der Waals surface area contributed by atoms with Gasteiger partial charge >= 0.3 is 0 Å². The maximum atomic E-state index is 5.26. The lowest BCUT2D eigenvalue weighted by Crippen LogP contribution is -2.31. The van der Waals surface area contributed by atoms with Crippen molar-refractivity contribution < 1.29 is 4.74 Å². The highest BCUT2D eigenvalue weighted by Gasteiger charge is 2.13. The van der Waals surface area contributed by atoms with Crippen LogP contribution in [-0.4, -0.2) is 19.7 Å². The third kappa shape index (κ3) is 5.09. The van der Waals surface area contributed by atoms with Gasteiger partial charge in [0.15, 0.2) is 0 Å². The zero-order chi connectivity index (χ0) is 13.5. The Labute approximate surface area is 112 Å². The van der Waals surface area contributed by atoms with Crippen molar-refractivity contribution >= 4 is 0 Å². The molecule has 0 aliphatic heterocycles. The Kier molecular flexibility index (Phi) is 6.20. The first kappa shape index (κ1) is 15.0. The molecule has 0 fully saturated rings. The molecule has 0 bridgehead atoms. The standard InChI is InChI=1S/C16H27NO/c1-12(2)17-11-14(4)13(3)9-15-7-6-8-16(10-15)18-5/h6-8,10,12-14,17H,9,11H2,1-5H3.